The van der Waals surface area contributed by atoms with Crippen LogP contribution in [-0.4, -0.2) is 72.5 Å². The van der Waals surface area contributed by atoms with Gasteiger partial charge < -0.3 is 29.6 Å². The molecule has 0 saturated carbocycles. The Kier molecular flexibility index (Phi) is 16.8. The maximum absolute atomic E-state index is 10.8. The van der Waals surface area contributed by atoms with Crippen LogP contribution in [0, 0.1) is 5.92 Å². The lowest BCUT2D eigenvalue weighted by molar-refractivity contribution is -0.00180. The number of hydrogen-bond donors (Lipinski definition) is 2. The number of carbonyl (C=O) groups excluding carboxylic acids is 1. The monoisotopic (exact) mass is 334 g/mol. The van der Waals surface area contributed by atoms with Crippen molar-refractivity contribution in [3.8, 4) is 0 Å². The molecule has 0 aromatic carbocycles. The molecule has 2 amide bonds. The number of nitrogens with one attached hydrogen (secondary N) is 2. The van der Waals surface area contributed by atoms with Crippen LogP contribution >= 0.6 is 0 Å². The second kappa shape index (κ2) is 17.5. The third-order valence-electron chi connectivity index (χ3n) is 2.95. The van der Waals surface area contributed by atoms with E-state index in [0.717, 1.165) is 18.9 Å². The van der Waals surface area contributed by atoms with Gasteiger partial charge in [-0.25, -0.2) is 4.79 Å². The van der Waals surface area contributed by atoms with Gasteiger partial charge in [0.05, 0.1) is 46.2 Å². The van der Waals surface area contributed by atoms with Crippen LogP contribution in [0.4, 0.5) is 4.79 Å². The van der Waals surface area contributed by atoms with Gasteiger partial charge in [0, 0.05) is 20.2 Å². The molecule has 0 aromatic rings. The zero-order valence-electron chi connectivity index (χ0n) is 14.9. The molecule has 0 atom stereocenters. The highest BCUT2D eigenvalue weighted by Gasteiger charge is 1.96. The average molecular weight is 334 g/mol. The van der Waals surface area contributed by atoms with Gasteiger partial charge in [0.25, 0.3) is 0 Å². The zero-order valence-corrected chi connectivity index (χ0v) is 14.9. The van der Waals surface area contributed by atoms with Crippen LogP contribution in [0.5, 0.6) is 0 Å². The summed E-state index contributed by atoms with van der Waals surface area (Å²) in [4.78, 5) is 10.8. The predicted octanol–water partition coefficient (Wildman–Crippen LogP) is 1.42. The van der Waals surface area contributed by atoms with Crippen molar-refractivity contribution in [2.45, 2.75) is 26.7 Å². The minimum absolute atomic E-state index is 0.203. The molecule has 0 spiro atoms. The van der Waals surface area contributed by atoms with Gasteiger partial charge in [-0.1, -0.05) is 13.8 Å². The Hall–Kier alpha value is -0.890. The van der Waals surface area contributed by atoms with Gasteiger partial charge in [-0.15, -0.1) is 0 Å². The molecule has 7 heteroatoms. The van der Waals surface area contributed by atoms with E-state index in [-0.39, 0.29) is 6.03 Å². The van der Waals surface area contributed by atoms with Crippen LogP contribution in [0.15, 0.2) is 0 Å². The Morgan fingerprint density at radius 3 is 1.78 bits per heavy atom. The highest BCUT2D eigenvalue weighted by atomic mass is 16.6. The first-order valence-electron chi connectivity index (χ1n) is 8.43. The topological polar surface area (TPSA) is 78.1 Å². The van der Waals surface area contributed by atoms with Gasteiger partial charge in [-0.3, -0.25) is 0 Å². The third-order valence-corrected chi connectivity index (χ3v) is 2.95. The first-order valence-corrected chi connectivity index (χ1v) is 8.43. The summed E-state index contributed by atoms with van der Waals surface area (Å²) in [5, 5.41) is 5.10. The van der Waals surface area contributed by atoms with Gasteiger partial charge in [-0.05, 0) is 18.8 Å². The van der Waals surface area contributed by atoms with E-state index in [9.17, 15) is 4.79 Å². The second-order valence-corrected chi connectivity index (χ2v) is 5.49. The van der Waals surface area contributed by atoms with Crippen molar-refractivity contribution in [1.29, 1.82) is 0 Å². The molecular weight excluding hydrogens is 300 g/mol. The fraction of sp³-hybridized carbons (Fsp3) is 0.938. The summed E-state index contributed by atoms with van der Waals surface area (Å²) in [6, 6.07) is -0.203. The van der Waals surface area contributed by atoms with E-state index in [1.165, 1.54) is 6.42 Å². The summed E-state index contributed by atoms with van der Waals surface area (Å²) in [6.45, 7) is 9.59. The third kappa shape index (κ3) is 19.1. The Balaban J connectivity index is 3.01. The van der Waals surface area contributed by atoms with Crippen molar-refractivity contribution in [2.75, 3.05) is 66.4 Å². The summed E-state index contributed by atoms with van der Waals surface area (Å²) in [6.07, 6.45) is 2.32. The first kappa shape index (κ1) is 22.1. The largest absolute Gasteiger partial charge is 0.379 e. The molecule has 0 rings (SSSR count). The van der Waals surface area contributed by atoms with Crippen LogP contribution in [0.25, 0.3) is 0 Å². The minimum atomic E-state index is -0.203. The van der Waals surface area contributed by atoms with Gasteiger partial charge in [0.15, 0.2) is 0 Å². The normalized spacial score (nSPS) is 11.0. The Morgan fingerprint density at radius 1 is 0.826 bits per heavy atom. The number of urea groups is 1. The predicted molar refractivity (Wildman–Crippen MR) is 89.8 cm³/mol. The number of carbonyl (C=O) groups is 1. The van der Waals surface area contributed by atoms with Gasteiger partial charge in [0.1, 0.15) is 0 Å². The van der Waals surface area contributed by atoms with E-state index in [1.807, 2.05) is 0 Å². The molecule has 2 N–H and O–H groups in total. The molecule has 0 aliphatic heterocycles. The van der Waals surface area contributed by atoms with E-state index in [0.29, 0.717) is 52.8 Å². The number of rotatable bonds is 16. The van der Waals surface area contributed by atoms with Crippen molar-refractivity contribution in [2.24, 2.45) is 5.92 Å². The standard InChI is InChI=1S/C16H34N2O5/c1-15(2)5-4-7-20-9-11-22-13-14-23-12-10-21-8-6-18-16(19)17-3/h15H,4-14H2,1-3H3,(H2,17,18,19). The zero-order chi connectivity index (χ0) is 17.2. The smallest absolute Gasteiger partial charge is 0.314 e. The molecule has 0 aliphatic carbocycles. The molecule has 7 nitrogen and oxygen atoms in total. The lowest BCUT2D eigenvalue weighted by atomic mass is 10.1. The van der Waals surface area contributed by atoms with E-state index >= 15 is 0 Å². The first-order chi connectivity index (χ1) is 11.2. The van der Waals surface area contributed by atoms with Crippen molar-refractivity contribution >= 4 is 6.03 Å². The molecule has 0 bridgehead atoms. The van der Waals surface area contributed by atoms with E-state index in [1.54, 1.807) is 7.05 Å². The maximum atomic E-state index is 10.8. The Bertz CT molecular complexity index is 265. The van der Waals surface area contributed by atoms with Gasteiger partial charge in [-0.2, -0.15) is 0 Å². The van der Waals surface area contributed by atoms with E-state index in [2.05, 4.69) is 24.5 Å². The molecule has 0 aromatic heterocycles. The van der Waals surface area contributed by atoms with Crippen molar-refractivity contribution in [3.05, 3.63) is 0 Å². The molecule has 0 aliphatic rings. The number of amides is 2. The Labute approximate surface area is 140 Å². The molecule has 0 radical (unpaired) electrons. The Morgan fingerprint density at radius 2 is 1.30 bits per heavy atom. The fourth-order valence-electron chi connectivity index (χ4n) is 1.68. The molecular formula is C16H34N2O5. The number of ether oxygens (including phenoxy) is 4. The summed E-state index contributed by atoms with van der Waals surface area (Å²) in [7, 11) is 1.57. The second-order valence-electron chi connectivity index (χ2n) is 5.49. The van der Waals surface area contributed by atoms with Crippen molar-refractivity contribution in [3.63, 3.8) is 0 Å². The van der Waals surface area contributed by atoms with Crippen LogP contribution in [-0.2, 0) is 18.9 Å². The molecule has 0 heterocycles. The van der Waals surface area contributed by atoms with Crippen molar-refractivity contribution < 1.29 is 23.7 Å². The summed E-state index contributed by atoms with van der Waals surface area (Å²) < 4.78 is 21.5. The van der Waals surface area contributed by atoms with Crippen LogP contribution in [0.1, 0.15) is 26.7 Å². The molecule has 138 valence electrons. The summed E-state index contributed by atoms with van der Waals surface area (Å²) in [5.41, 5.74) is 0. The highest BCUT2D eigenvalue weighted by Crippen LogP contribution is 2.02. The minimum Gasteiger partial charge on any atom is -0.379 e. The quantitative estimate of drug-likeness (QED) is 0.417. The van der Waals surface area contributed by atoms with Crippen molar-refractivity contribution in [1.82, 2.24) is 10.6 Å². The van der Waals surface area contributed by atoms with Crippen LogP contribution in [0.3, 0.4) is 0 Å². The van der Waals surface area contributed by atoms with E-state index in [4.69, 9.17) is 18.9 Å². The SMILES string of the molecule is CNC(=O)NCCOCCOCCOCCOCCCC(C)C. The van der Waals surface area contributed by atoms with Gasteiger partial charge >= 0.3 is 6.03 Å². The summed E-state index contributed by atoms with van der Waals surface area (Å²) in [5.74, 6) is 0.739. The summed E-state index contributed by atoms with van der Waals surface area (Å²) >= 11 is 0. The molecule has 0 fully saturated rings. The molecule has 0 unspecified atom stereocenters. The average Bonchev–Trinajstić information content (AvgIpc) is 2.53. The van der Waals surface area contributed by atoms with Crippen LogP contribution < -0.4 is 10.6 Å². The molecule has 23 heavy (non-hydrogen) atoms. The fourth-order valence-corrected chi connectivity index (χ4v) is 1.68. The van der Waals surface area contributed by atoms with Gasteiger partial charge in [0.2, 0.25) is 0 Å². The maximum Gasteiger partial charge on any atom is 0.314 e. The highest BCUT2D eigenvalue weighted by molar-refractivity contribution is 5.73. The lowest BCUT2D eigenvalue weighted by Crippen LogP contribution is -2.35. The van der Waals surface area contributed by atoms with E-state index < -0.39 is 0 Å². The molecule has 0 saturated heterocycles. The number of hydrogen-bond acceptors (Lipinski definition) is 5. The van der Waals surface area contributed by atoms with Crippen LogP contribution in [0.2, 0.25) is 0 Å². The lowest BCUT2D eigenvalue weighted by Gasteiger charge is -2.08.